The van der Waals surface area contributed by atoms with Crippen LogP contribution in [0.3, 0.4) is 0 Å². The molecule has 25 heavy (non-hydrogen) atoms. The molecule has 1 heterocycles. The molecule has 3 rings (SSSR count). The van der Waals surface area contributed by atoms with Gasteiger partial charge in [-0.15, -0.1) is 11.3 Å². The number of hydrogen-bond donors (Lipinski definition) is 1. The van der Waals surface area contributed by atoms with Crippen LogP contribution in [0.15, 0.2) is 52.9 Å². The maximum absolute atomic E-state index is 9.38. The minimum absolute atomic E-state index is 0.194. The molecular formula is C18H12Cl2N4S. The number of halogens is 2. The summed E-state index contributed by atoms with van der Waals surface area (Å²) in [5.74, 6) is 0. The molecule has 0 saturated heterocycles. The lowest BCUT2D eigenvalue weighted by Gasteiger charge is -2.02. The van der Waals surface area contributed by atoms with E-state index >= 15 is 0 Å². The van der Waals surface area contributed by atoms with Gasteiger partial charge in [0.25, 0.3) is 0 Å². The highest BCUT2D eigenvalue weighted by Crippen LogP contribution is 2.24. The molecule has 0 aliphatic heterocycles. The van der Waals surface area contributed by atoms with E-state index in [9.17, 15) is 5.26 Å². The van der Waals surface area contributed by atoms with E-state index in [2.05, 4.69) is 21.6 Å². The van der Waals surface area contributed by atoms with Crippen molar-refractivity contribution in [1.29, 1.82) is 5.26 Å². The predicted octanol–water partition coefficient (Wildman–Crippen LogP) is 5.77. The van der Waals surface area contributed by atoms with E-state index in [1.165, 1.54) is 16.9 Å². The van der Waals surface area contributed by atoms with Crippen LogP contribution in [-0.4, -0.2) is 10.7 Å². The lowest BCUT2D eigenvalue weighted by atomic mass is 10.1. The fourth-order valence-corrected chi connectivity index (χ4v) is 3.39. The van der Waals surface area contributed by atoms with E-state index in [4.69, 9.17) is 23.2 Å². The molecule has 0 aliphatic rings. The number of nitrogens with zero attached hydrogens (tertiary/aromatic N) is 3. The molecule has 0 bridgehead atoms. The maximum atomic E-state index is 9.38. The smallest absolute Gasteiger partial charge is 0.196 e. The Morgan fingerprint density at radius 2 is 1.84 bits per heavy atom. The van der Waals surface area contributed by atoms with Crippen LogP contribution in [0.1, 0.15) is 10.6 Å². The van der Waals surface area contributed by atoms with Gasteiger partial charge in [-0.2, -0.15) is 10.4 Å². The van der Waals surface area contributed by atoms with E-state index in [-0.39, 0.29) is 5.71 Å². The molecule has 3 aromatic rings. The fourth-order valence-electron chi connectivity index (χ4n) is 2.10. The second-order valence-electron chi connectivity index (χ2n) is 5.25. The van der Waals surface area contributed by atoms with Crippen molar-refractivity contribution in [2.75, 3.05) is 5.43 Å². The third-order valence-electron chi connectivity index (χ3n) is 3.32. The number of nitrogens with one attached hydrogen (secondary N) is 1. The summed E-state index contributed by atoms with van der Waals surface area (Å²) in [7, 11) is 0. The second kappa shape index (κ2) is 7.66. The molecule has 0 atom stereocenters. The third kappa shape index (κ3) is 4.37. The summed E-state index contributed by atoms with van der Waals surface area (Å²) >= 11 is 13.3. The number of rotatable bonds is 4. The number of hydrazone groups is 1. The quantitative estimate of drug-likeness (QED) is 0.457. The van der Waals surface area contributed by atoms with Gasteiger partial charge >= 0.3 is 0 Å². The zero-order valence-corrected chi connectivity index (χ0v) is 15.5. The van der Waals surface area contributed by atoms with Gasteiger partial charge in [-0.25, -0.2) is 4.98 Å². The topological polar surface area (TPSA) is 61.1 Å². The van der Waals surface area contributed by atoms with Crippen molar-refractivity contribution in [3.8, 4) is 17.3 Å². The lowest BCUT2D eigenvalue weighted by Crippen LogP contribution is -2.01. The van der Waals surface area contributed by atoms with Gasteiger partial charge in [-0.3, -0.25) is 5.43 Å². The number of nitriles is 1. The van der Waals surface area contributed by atoms with Crippen LogP contribution in [0.4, 0.5) is 5.69 Å². The highest BCUT2D eigenvalue weighted by Gasteiger charge is 2.10. The average molecular weight is 387 g/mol. The highest BCUT2D eigenvalue weighted by molar-refractivity contribution is 7.12. The molecule has 0 saturated carbocycles. The lowest BCUT2D eigenvalue weighted by molar-refractivity contribution is 1.31. The third-order valence-corrected chi connectivity index (χ3v) is 4.60. The van der Waals surface area contributed by atoms with Crippen LogP contribution in [0.2, 0.25) is 10.0 Å². The number of aromatic nitrogens is 1. The zero-order valence-electron chi connectivity index (χ0n) is 13.1. The number of hydrogen-bond acceptors (Lipinski definition) is 5. The monoisotopic (exact) mass is 386 g/mol. The van der Waals surface area contributed by atoms with Crippen LogP contribution >= 0.6 is 34.5 Å². The predicted molar refractivity (Wildman–Crippen MR) is 105 cm³/mol. The summed E-state index contributed by atoms with van der Waals surface area (Å²) in [6.07, 6.45) is 0. The van der Waals surface area contributed by atoms with Crippen molar-refractivity contribution in [2.45, 2.75) is 6.92 Å². The summed E-state index contributed by atoms with van der Waals surface area (Å²) in [6.45, 7) is 2.03. The number of benzene rings is 2. The van der Waals surface area contributed by atoms with E-state index in [1.54, 1.807) is 18.2 Å². The van der Waals surface area contributed by atoms with Gasteiger partial charge < -0.3 is 0 Å². The van der Waals surface area contributed by atoms with Gasteiger partial charge in [0.1, 0.15) is 6.07 Å². The SMILES string of the molecule is Cc1ccc(-c2csc(/C(C#N)=N\Nc3cc(Cl)cc(Cl)c3)n2)cc1. The second-order valence-corrected chi connectivity index (χ2v) is 6.98. The van der Waals surface area contributed by atoms with Gasteiger partial charge in [0.2, 0.25) is 0 Å². The van der Waals surface area contributed by atoms with Gasteiger partial charge in [-0.05, 0) is 25.1 Å². The van der Waals surface area contributed by atoms with Gasteiger partial charge in [-0.1, -0.05) is 53.0 Å². The van der Waals surface area contributed by atoms with Crippen molar-refractivity contribution in [2.24, 2.45) is 5.10 Å². The first kappa shape index (κ1) is 17.4. The number of aryl methyl sites for hydroxylation is 1. The first-order chi connectivity index (χ1) is 12.0. The number of anilines is 1. The van der Waals surface area contributed by atoms with E-state index in [1.807, 2.05) is 36.6 Å². The standard InChI is InChI=1S/C18H12Cl2N4S/c1-11-2-4-12(5-3-11)17-10-25-18(22-17)16(9-21)24-23-15-7-13(19)6-14(20)8-15/h2-8,10,23H,1H3/b24-16-. The van der Waals surface area contributed by atoms with Gasteiger partial charge in [0, 0.05) is 21.0 Å². The Hall–Kier alpha value is -2.39. The molecule has 7 heteroatoms. The van der Waals surface area contributed by atoms with Crippen LogP contribution in [-0.2, 0) is 0 Å². The molecule has 0 aliphatic carbocycles. The summed E-state index contributed by atoms with van der Waals surface area (Å²) in [4.78, 5) is 4.50. The van der Waals surface area contributed by atoms with Crippen molar-refractivity contribution in [3.05, 3.63) is 68.5 Å². The van der Waals surface area contributed by atoms with Gasteiger partial charge in [0.05, 0.1) is 11.4 Å². The molecule has 0 unspecified atom stereocenters. The van der Waals surface area contributed by atoms with Crippen LogP contribution in [0.5, 0.6) is 0 Å². The maximum Gasteiger partial charge on any atom is 0.196 e. The summed E-state index contributed by atoms with van der Waals surface area (Å²) in [5.41, 5.74) is 6.58. The Morgan fingerprint density at radius 1 is 1.16 bits per heavy atom. The molecule has 1 aromatic heterocycles. The largest absolute Gasteiger partial charge is 0.277 e. The molecule has 124 valence electrons. The molecule has 0 radical (unpaired) electrons. The first-order valence-corrected chi connectivity index (χ1v) is 8.91. The highest BCUT2D eigenvalue weighted by atomic mass is 35.5. The van der Waals surface area contributed by atoms with E-state index < -0.39 is 0 Å². The van der Waals surface area contributed by atoms with Crippen LogP contribution in [0.25, 0.3) is 11.3 Å². The normalized spacial score (nSPS) is 11.2. The zero-order chi connectivity index (χ0) is 17.8. The molecule has 0 fully saturated rings. The summed E-state index contributed by atoms with van der Waals surface area (Å²) < 4.78 is 0. The molecular weight excluding hydrogens is 375 g/mol. The first-order valence-electron chi connectivity index (χ1n) is 7.28. The summed E-state index contributed by atoms with van der Waals surface area (Å²) in [6, 6.07) is 15.1. The van der Waals surface area contributed by atoms with Crippen molar-refractivity contribution < 1.29 is 0 Å². The molecule has 1 N–H and O–H groups in total. The molecule has 0 spiro atoms. The molecule has 4 nitrogen and oxygen atoms in total. The van der Waals surface area contributed by atoms with Crippen molar-refractivity contribution >= 4 is 45.9 Å². The minimum atomic E-state index is 0.194. The van der Waals surface area contributed by atoms with Crippen LogP contribution in [0, 0.1) is 18.3 Å². The Bertz CT molecular complexity index is 951. The minimum Gasteiger partial charge on any atom is -0.277 e. The summed E-state index contributed by atoms with van der Waals surface area (Å²) in [5, 5.41) is 16.9. The number of thiazole rings is 1. The fraction of sp³-hybridized carbons (Fsp3) is 0.0556. The average Bonchev–Trinajstić information content (AvgIpc) is 3.05. The van der Waals surface area contributed by atoms with E-state index in [0.717, 1.165) is 11.3 Å². The van der Waals surface area contributed by atoms with Crippen LogP contribution < -0.4 is 5.43 Å². The van der Waals surface area contributed by atoms with Crippen molar-refractivity contribution in [3.63, 3.8) is 0 Å². The molecule has 0 amide bonds. The van der Waals surface area contributed by atoms with Crippen molar-refractivity contribution in [1.82, 2.24) is 4.98 Å². The Morgan fingerprint density at radius 3 is 2.48 bits per heavy atom. The Kier molecular flexibility index (Phi) is 5.34. The Labute approximate surface area is 159 Å². The van der Waals surface area contributed by atoms with E-state index in [0.29, 0.717) is 20.7 Å². The Balaban J connectivity index is 1.84. The van der Waals surface area contributed by atoms with Gasteiger partial charge in [0.15, 0.2) is 10.7 Å². The molecule has 2 aromatic carbocycles.